The topological polar surface area (TPSA) is 32.8 Å². The standard InChI is InChI=1S/C31H33F3N2O2/c1-35(2)30(37)26-19-36-17-16-25(26)29(38-20-21-10-9-15-24(18-21)31(32,33)34)28(36)27(22-11-5-3-6-12-22)23-13-7-4-8-14-23/h3-15,18,25-29H,16-17,19-20H2,1-2H3/t25-,26-,28-,29+/m1/s1. The van der Waals surface area contributed by atoms with Crippen LogP contribution in [0.25, 0.3) is 0 Å². The number of hydrogen-bond acceptors (Lipinski definition) is 3. The molecule has 1 unspecified atom stereocenters. The van der Waals surface area contributed by atoms with Gasteiger partial charge in [-0.1, -0.05) is 72.8 Å². The quantitative estimate of drug-likeness (QED) is 0.391. The summed E-state index contributed by atoms with van der Waals surface area (Å²) < 4.78 is 46.7. The zero-order chi connectivity index (χ0) is 26.9. The van der Waals surface area contributed by atoms with E-state index < -0.39 is 11.7 Å². The van der Waals surface area contributed by atoms with E-state index >= 15 is 0 Å². The summed E-state index contributed by atoms with van der Waals surface area (Å²) in [6.07, 6.45) is -3.93. The zero-order valence-electron chi connectivity index (χ0n) is 21.6. The smallest absolute Gasteiger partial charge is 0.372 e. The van der Waals surface area contributed by atoms with Gasteiger partial charge in [-0.2, -0.15) is 13.2 Å². The molecule has 3 aromatic carbocycles. The average molecular weight is 523 g/mol. The van der Waals surface area contributed by atoms with Gasteiger partial charge in [0.1, 0.15) is 0 Å². The number of rotatable bonds is 7. The van der Waals surface area contributed by atoms with Crippen molar-refractivity contribution in [1.29, 1.82) is 0 Å². The van der Waals surface area contributed by atoms with Gasteiger partial charge in [0.15, 0.2) is 0 Å². The second kappa shape index (κ2) is 10.9. The van der Waals surface area contributed by atoms with E-state index in [1.54, 1.807) is 25.1 Å². The lowest BCUT2D eigenvalue weighted by Crippen LogP contribution is -2.66. The molecule has 0 aromatic heterocycles. The highest BCUT2D eigenvalue weighted by atomic mass is 19.4. The Labute approximate surface area is 222 Å². The van der Waals surface area contributed by atoms with Crippen LogP contribution >= 0.6 is 0 Å². The Hall–Kier alpha value is -3.16. The molecule has 7 heteroatoms. The number of carbonyl (C=O) groups excluding carboxylic acids is 1. The summed E-state index contributed by atoms with van der Waals surface area (Å²) in [5, 5.41) is 0. The monoisotopic (exact) mass is 522 g/mol. The number of amides is 1. The lowest BCUT2D eigenvalue weighted by molar-refractivity contribution is -0.166. The fourth-order valence-corrected chi connectivity index (χ4v) is 6.27. The molecule has 6 rings (SSSR count). The van der Waals surface area contributed by atoms with E-state index in [4.69, 9.17) is 4.74 Å². The number of piperidine rings is 3. The van der Waals surface area contributed by atoms with Crippen molar-refractivity contribution in [3.63, 3.8) is 0 Å². The predicted molar refractivity (Wildman–Crippen MR) is 140 cm³/mol. The fraction of sp³-hybridized carbons (Fsp3) is 0.387. The summed E-state index contributed by atoms with van der Waals surface area (Å²) in [5.74, 6) is -0.182. The van der Waals surface area contributed by atoms with E-state index in [1.807, 2.05) is 36.4 Å². The van der Waals surface area contributed by atoms with Crippen molar-refractivity contribution in [3.8, 4) is 0 Å². The lowest BCUT2D eigenvalue weighted by atomic mass is 9.67. The van der Waals surface area contributed by atoms with Crippen LogP contribution in [0.4, 0.5) is 13.2 Å². The Kier molecular flexibility index (Phi) is 7.59. The molecule has 3 aliphatic rings. The molecular formula is C31H33F3N2O2. The number of fused-ring (bicyclic) bond motifs is 3. The summed E-state index contributed by atoms with van der Waals surface area (Å²) in [7, 11) is 3.54. The van der Waals surface area contributed by atoms with Crippen LogP contribution in [-0.4, -0.2) is 55.0 Å². The number of nitrogens with zero attached hydrogens (tertiary/aromatic N) is 2. The molecule has 38 heavy (non-hydrogen) atoms. The fourth-order valence-electron chi connectivity index (χ4n) is 6.27. The van der Waals surface area contributed by atoms with Gasteiger partial charge in [-0.15, -0.1) is 0 Å². The molecule has 0 radical (unpaired) electrons. The minimum Gasteiger partial charge on any atom is -0.372 e. The number of carbonyl (C=O) groups is 1. The number of hydrogen-bond donors (Lipinski definition) is 0. The SMILES string of the molecule is CN(C)C(=O)[C@@H]1CN2CC[C@H]1[C@H](OCc1cccc(C(F)(F)F)c1)[C@H]2C(c1ccccc1)c1ccccc1. The van der Waals surface area contributed by atoms with Gasteiger partial charge in [0.25, 0.3) is 0 Å². The molecule has 3 saturated heterocycles. The molecule has 3 heterocycles. The summed E-state index contributed by atoms with van der Waals surface area (Å²) in [4.78, 5) is 17.2. The van der Waals surface area contributed by atoms with Crippen LogP contribution in [0.1, 0.15) is 34.6 Å². The van der Waals surface area contributed by atoms with Crippen molar-refractivity contribution in [2.45, 2.75) is 37.3 Å². The number of ether oxygens (including phenoxy) is 1. The van der Waals surface area contributed by atoms with Crippen LogP contribution in [0.5, 0.6) is 0 Å². The minimum atomic E-state index is -4.41. The molecule has 5 atom stereocenters. The lowest BCUT2D eigenvalue weighted by Gasteiger charge is -2.56. The molecular weight excluding hydrogens is 489 g/mol. The van der Waals surface area contributed by atoms with Crippen molar-refractivity contribution in [3.05, 3.63) is 107 Å². The van der Waals surface area contributed by atoms with Crippen LogP contribution in [-0.2, 0) is 22.3 Å². The van der Waals surface area contributed by atoms with Gasteiger partial charge in [0.05, 0.1) is 24.2 Å². The maximum Gasteiger partial charge on any atom is 0.416 e. The predicted octanol–water partition coefficient (Wildman–Crippen LogP) is 5.83. The van der Waals surface area contributed by atoms with Gasteiger partial charge in [-0.05, 0) is 41.8 Å². The first-order chi connectivity index (χ1) is 18.2. The summed E-state index contributed by atoms with van der Waals surface area (Å²) in [6, 6.07) is 25.8. The number of benzene rings is 3. The molecule has 1 amide bonds. The normalized spacial score (nSPS) is 24.9. The second-order valence-corrected chi connectivity index (χ2v) is 10.6. The third kappa shape index (κ3) is 5.36. The van der Waals surface area contributed by atoms with Gasteiger partial charge >= 0.3 is 6.18 Å². The summed E-state index contributed by atoms with van der Waals surface area (Å²) in [5.41, 5.74) is 2.09. The number of halogens is 3. The molecule has 2 bridgehead atoms. The van der Waals surface area contributed by atoms with Crippen molar-refractivity contribution in [2.75, 3.05) is 27.2 Å². The molecule has 4 nitrogen and oxygen atoms in total. The molecule has 3 aromatic rings. The van der Waals surface area contributed by atoms with E-state index in [1.165, 1.54) is 6.07 Å². The Bertz CT molecular complexity index is 1190. The second-order valence-electron chi connectivity index (χ2n) is 10.6. The van der Waals surface area contributed by atoms with Crippen LogP contribution in [0.3, 0.4) is 0 Å². The van der Waals surface area contributed by atoms with Crippen molar-refractivity contribution in [2.24, 2.45) is 11.8 Å². The Morgan fingerprint density at radius 3 is 2.18 bits per heavy atom. The maximum absolute atomic E-state index is 13.4. The van der Waals surface area contributed by atoms with Gasteiger partial charge in [-0.25, -0.2) is 0 Å². The third-order valence-corrected chi connectivity index (χ3v) is 7.99. The first kappa shape index (κ1) is 26.4. The van der Waals surface area contributed by atoms with Gasteiger partial charge < -0.3 is 9.64 Å². The van der Waals surface area contributed by atoms with E-state index in [2.05, 4.69) is 29.2 Å². The zero-order valence-corrected chi connectivity index (χ0v) is 21.6. The first-order valence-corrected chi connectivity index (χ1v) is 13.1. The largest absolute Gasteiger partial charge is 0.416 e. The molecule has 0 aliphatic carbocycles. The van der Waals surface area contributed by atoms with E-state index in [9.17, 15) is 18.0 Å². The summed E-state index contributed by atoms with van der Waals surface area (Å²) in [6.45, 7) is 1.55. The van der Waals surface area contributed by atoms with Crippen LogP contribution < -0.4 is 0 Å². The third-order valence-electron chi connectivity index (χ3n) is 7.99. The maximum atomic E-state index is 13.4. The molecule has 200 valence electrons. The summed E-state index contributed by atoms with van der Waals surface area (Å²) >= 11 is 0. The average Bonchev–Trinajstić information content (AvgIpc) is 2.93. The van der Waals surface area contributed by atoms with Crippen molar-refractivity contribution < 1.29 is 22.7 Å². The highest BCUT2D eigenvalue weighted by Gasteiger charge is 2.53. The van der Waals surface area contributed by atoms with Crippen LogP contribution in [0, 0.1) is 11.8 Å². The molecule has 0 saturated carbocycles. The minimum absolute atomic E-state index is 0.0119. The van der Waals surface area contributed by atoms with Crippen LogP contribution in [0.15, 0.2) is 84.9 Å². The van der Waals surface area contributed by atoms with Crippen LogP contribution in [0.2, 0.25) is 0 Å². The van der Waals surface area contributed by atoms with E-state index in [-0.39, 0.29) is 42.4 Å². The van der Waals surface area contributed by atoms with Crippen molar-refractivity contribution >= 4 is 5.91 Å². The molecule has 3 aliphatic heterocycles. The van der Waals surface area contributed by atoms with Gasteiger partial charge in [0, 0.05) is 38.5 Å². The van der Waals surface area contributed by atoms with Crippen molar-refractivity contribution in [1.82, 2.24) is 9.80 Å². The molecule has 3 fully saturated rings. The number of alkyl halides is 3. The van der Waals surface area contributed by atoms with Gasteiger partial charge in [0.2, 0.25) is 5.91 Å². The Morgan fingerprint density at radius 1 is 0.974 bits per heavy atom. The molecule has 0 spiro atoms. The van der Waals surface area contributed by atoms with Gasteiger partial charge in [-0.3, -0.25) is 9.69 Å². The Morgan fingerprint density at radius 2 is 1.61 bits per heavy atom. The first-order valence-electron chi connectivity index (χ1n) is 13.1. The highest BCUT2D eigenvalue weighted by Crippen LogP contribution is 2.46. The molecule has 0 N–H and O–H groups in total. The van der Waals surface area contributed by atoms with E-state index in [0.717, 1.165) is 36.2 Å². The Balaban J connectivity index is 1.53. The highest BCUT2D eigenvalue weighted by molar-refractivity contribution is 5.79. The van der Waals surface area contributed by atoms with E-state index in [0.29, 0.717) is 12.1 Å².